The molecule has 1 fully saturated rings. The molecule has 8 heteroatoms. The highest BCUT2D eigenvalue weighted by atomic mass is 32.2. The van der Waals surface area contributed by atoms with Crippen molar-refractivity contribution in [1.29, 1.82) is 0 Å². The molecule has 1 aliphatic heterocycles. The third-order valence-electron chi connectivity index (χ3n) is 2.57. The maximum Gasteiger partial charge on any atom is 0.433 e. The molecule has 1 aromatic heterocycles. The number of nitrogen functional groups attached to an aromatic ring is 1. The Morgan fingerprint density at radius 2 is 2.22 bits per heavy atom. The van der Waals surface area contributed by atoms with Crippen molar-refractivity contribution in [2.45, 2.75) is 24.3 Å². The lowest BCUT2D eigenvalue weighted by Gasteiger charge is -2.12. The maximum atomic E-state index is 12.5. The van der Waals surface area contributed by atoms with Crippen LogP contribution < -0.4 is 11.1 Å². The number of hydrogen-bond acceptors (Lipinski definition) is 5. The average Bonchev–Trinajstić information content (AvgIpc) is 2.77. The minimum Gasteiger partial charge on any atom is -0.369 e. The van der Waals surface area contributed by atoms with E-state index in [4.69, 9.17) is 5.73 Å². The van der Waals surface area contributed by atoms with E-state index >= 15 is 0 Å². The van der Waals surface area contributed by atoms with Gasteiger partial charge in [-0.3, -0.25) is 0 Å². The van der Waals surface area contributed by atoms with Gasteiger partial charge in [0.05, 0.1) is 0 Å². The summed E-state index contributed by atoms with van der Waals surface area (Å²) in [6, 6.07) is 0.885. The van der Waals surface area contributed by atoms with Crippen LogP contribution in [0, 0.1) is 0 Å². The summed E-state index contributed by atoms with van der Waals surface area (Å²) in [6.45, 7) is 0.596. The summed E-state index contributed by atoms with van der Waals surface area (Å²) in [5, 5.41) is 3.31. The van der Waals surface area contributed by atoms with Crippen molar-refractivity contribution in [2.75, 3.05) is 23.3 Å². The number of nitrogens with two attached hydrogens (primary N) is 1. The zero-order valence-electron chi connectivity index (χ0n) is 9.50. The van der Waals surface area contributed by atoms with Crippen molar-refractivity contribution < 1.29 is 13.2 Å². The van der Waals surface area contributed by atoms with E-state index in [9.17, 15) is 13.2 Å². The van der Waals surface area contributed by atoms with Gasteiger partial charge in [0.1, 0.15) is 5.82 Å². The molecule has 1 aromatic rings. The predicted octanol–water partition coefficient (Wildman–Crippen LogP) is 2.39. The molecule has 4 nitrogen and oxygen atoms in total. The Morgan fingerprint density at radius 1 is 1.44 bits per heavy atom. The fourth-order valence-corrected chi connectivity index (χ4v) is 2.93. The monoisotopic (exact) mass is 278 g/mol. The highest BCUT2D eigenvalue weighted by molar-refractivity contribution is 8.00. The highest BCUT2D eigenvalue weighted by Crippen LogP contribution is 2.30. The van der Waals surface area contributed by atoms with Crippen LogP contribution in [0.4, 0.5) is 24.9 Å². The Bertz CT molecular complexity index is 418. The van der Waals surface area contributed by atoms with Gasteiger partial charge < -0.3 is 11.1 Å². The number of nitrogens with zero attached hydrogens (tertiary/aromatic N) is 2. The third kappa shape index (κ3) is 3.41. The van der Waals surface area contributed by atoms with Crippen LogP contribution in [0.1, 0.15) is 18.5 Å². The van der Waals surface area contributed by atoms with Gasteiger partial charge in [-0.25, -0.2) is 4.98 Å². The zero-order chi connectivity index (χ0) is 13.2. The SMILES string of the molecule is Nc1nc(NCC2CCCS2)cc(C(F)(F)F)n1. The van der Waals surface area contributed by atoms with Crippen molar-refractivity contribution in [2.24, 2.45) is 0 Å². The van der Waals surface area contributed by atoms with E-state index in [1.165, 1.54) is 0 Å². The molecule has 2 heterocycles. The molecule has 0 saturated carbocycles. The smallest absolute Gasteiger partial charge is 0.369 e. The van der Waals surface area contributed by atoms with Crippen LogP contribution in [0.2, 0.25) is 0 Å². The van der Waals surface area contributed by atoms with E-state index in [1.54, 1.807) is 0 Å². The van der Waals surface area contributed by atoms with E-state index in [2.05, 4.69) is 15.3 Å². The molecule has 0 radical (unpaired) electrons. The largest absolute Gasteiger partial charge is 0.433 e. The van der Waals surface area contributed by atoms with E-state index in [0.717, 1.165) is 24.7 Å². The highest BCUT2D eigenvalue weighted by Gasteiger charge is 2.33. The maximum absolute atomic E-state index is 12.5. The molecule has 0 aliphatic carbocycles. The van der Waals surface area contributed by atoms with Crippen molar-refractivity contribution in [3.05, 3.63) is 11.8 Å². The Labute approximate surface area is 107 Å². The van der Waals surface area contributed by atoms with Gasteiger partial charge in [0.2, 0.25) is 5.95 Å². The average molecular weight is 278 g/mol. The lowest BCUT2D eigenvalue weighted by atomic mass is 10.2. The van der Waals surface area contributed by atoms with Gasteiger partial charge in [0, 0.05) is 17.9 Å². The molecule has 1 saturated heterocycles. The first-order valence-electron chi connectivity index (χ1n) is 5.52. The molecular weight excluding hydrogens is 265 g/mol. The van der Waals surface area contributed by atoms with Gasteiger partial charge in [-0.2, -0.15) is 29.9 Å². The summed E-state index contributed by atoms with van der Waals surface area (Å²) in [4.78, 5) is 6.94. The van der Waals surface area contributed by atoms with Crippen LogP contribution in [-0.4, -0.2) is 27.5 Å². The number of thioether (sulfide) groups is 1. The number of hydrogen-bond donors (Lipinski definition) is 2. The molecule has 1 atom stereocenters. The van der Waals surface area contributed by atoms with E-state index in [0.29, 0.717) is 11.8 Å². The van der Waals surface area contributed by atoms with Gasteiger partial charge in [-0.15, -0.1) is 0 Å². The first kappa shape index (κ1) is 13.3. The van der Waals surface area contributed by atoms with Crippen LogP contribution in [-0.2, 0) is 6.18 Å². The van der Waals surface area contributed by atoms with Crippen LogP contribution >= 0.6 is 11.8 Å². The molecule has 0 bridgehead atoms. The first-order chi connectivity index (χ1) is 8.45. The molecular formula is C10H13F3N4S. The zero-order valence-corrected chi connectivity index (χ0v) is 10.3. The van der Waals surface area contributed by atoms with Crippen LogP contribution in [0.5, 0.6) is 0 Å². The Balaban J connectivity index is 2.05. The number of halogens is 3. The van der Waals surface area contributed by atoms with Gasteiger partial charge in [0.15, 0.2) is 5.69 Å². The predicted molar refractivity (Wildman–Crippen MR) is 65.4 cm³/mol. The molecule has 3 N–H and O–H groups in total. The fraction of sp³-hybridized carbons (Fsp3) is 0.600. The number of rotatable bonds is 3. The number of nitrogens with one attached hydrogen (secondary N) is 1. The van der Waals surface area contributed by atoms with E-state index in [1.807, 2.05) is 11.8 Å². The van der Waals surface area contributed by atoms with Crippen LogP contribution in [0.3, 0.4) is 0 Å². The van der Waals surface area contributed by atoms with Gasteiger partial charge in [0.25, 0.3) is 0 Å². The molecule has 0 aromatic carbocycles. The Morgan fingerprint density at radius 3 is 2.83 bits per heavy atom. The summed E-state index contributed by atoms with van der Waals surface area (Å²) in [6.07, 6.45) is -2.28. The lowest BCUT2D eigenvalue weighted by Crippen LogP contribution is -2.17. The van der Waals surface area contributed by atoms with Crippen LogP contribution in [0.25, 0.3) is 0 Å². The molecule has 1 aliphatic rings. The summed E-state index contributed by atoms with van der Waals surface area (Å²) < 4.78 is 37.5. The summed E-state index contributed by atoms with van der Waals surface area (Å²) in [7, 11) is 0. The quantitative estimate of drug-likeness (QED) is 0.888. The molecule has 2 rings (SSSR count). The number of aromatic nitrogens is 2. The normalized spacial score (nSPS) is 20.1. The van der Waals surface area contributed by atoms with Gasteiger partial charge in [-0.1, -0.05) is 0 Å². The summed E-state index contributed by atoms with van der Waals surface area (Å²) in [5.74, 6) is 0.861. The third-order valence-corrected chi connectivity index (χ3v) is 3.97. The standard InChI is InChI=1S/C10H13F3N4S/c11-10(12,13)7-4-8(17-9(14)16-7)15-5-6-2-1-3-18-6/h4,6H,1-3,5H2,(H3,14,15,16,17). The van der Waals surface area contributed by atoms with Crippen LogP contribution in [0.15, 0.2) is 6.07 Å². The van der Waals surface area contributed by atoms with Crippen molar-refractivity contribution in [3.63, 3.8) is 0 Å². The summed E-state index contributed by atoms with van der Waals surface area (Å²) >= 11 is 1.82. The van der Waals surface area contributed by atoms with Gasteiger partial charge >= 0.3 is 6.18 Å². The molecule has 100 valence electrons. The topological polar surface area (TPSA) is 63.8 Å². The number of alkyl halides is 3. The molecule has 0 spiro atoms. The first-order valence-corrected chi connectivity index (χ1v) is 6.57. The minimum absolute atomic E-state index is 0.127. The number of anilines is 2. The minimum atomic E-state index is -4.50. The van der Waals surface area contributed by atoms with Crippen molar-refractivity contribution in [3.8, 4) is 0 Å². The molecule has 18 heavy (non-hydrogen) atoms. The molecule has 0 amide bonds. The van der Waals surface area contributed by atoms with Gasteiger partial charge in [-0.05, 0) is 18.6 Å². The lowest BCUT2D eigenvalue weighted by molar-refractivity contribution is -0.141. The summed E-state index contributed by atoms with van der Waals surface area (Å²) in [5.41, 5.74) is 4.26. The Kier molecular flexibility index (Phi) is 3.84. The molecule has 1 unspecified atom stereocenters. The second-order valence-electron chi connectivity index (χ2n) is 4.01. The van der Waals surface area contributed by atoms with E-state index in [-0.39, 0.29) is 11.8 Å². The van der Waals surface area contributed by atoms with E-state index < -0.39 is 11.9 Å². The van der Waals surface area contributed by atoms with Crippen molar-refractivity contribution >= 4 is 23.5 Å². The fourth-order valence-electron chi connectivity index (χ4n) is 1.73. The second kappa shape index (κ2) is 5.21. The second-order valence-corrected chi connectivity index (χ2v) is 5.42. The van der Waals surface area contributed by atoms with Crippen molar-refractivity contribution in [1.82, 2.24) is 9.97 Å². The Hall–Kier alpha value is -1.18.